The van der Waals surface area contributed by atoms with E-state index < -0.39 is 0 Å². The number of unbranched alkanes of at least 4 members (excludes halogenated alkanes) is 1. The van der Waals surface area contributed by atoms with Gasteiger partial charge in [0.25, 0.3) is 0 Å². The van der Waals surface area contributed by atoms with E-state index in [-0.39, 0.29) is 5.54 Å². The minimum Gasteiger partial charge on any atom is -0.312 e. The van der Waals surface area contributed by atoms with Crippen LogP contribution in [0.2, 0.25) is 0 Å². The van der Waals surface area contributed by atoms with Crippen LogP contribution in [-0.4, -0.2) is 17.1 Å². The number of thiazole rings is 1. The molecule has 1 aromatic heterocycles. The van der Waals surface area contributed by atoms with Gasteiger partial charge < -0.3 is 5.32 Å². The van der Waals surface area contributed by atoms with Gasteiger partial charge >= 0.3 is 0 Å². The standard InChI is InChI=1S/C11H20N2S/c1-11(2,3)13-7-5-4-6-10-8-12-9-14-10/h8-9,13H,4-7H2,1-3H3. The number of hydrogen-bond acceptors (Lipinski definition) is 3. The fourth-order valence-electron chi connectivity index (χ4n) is 1.25. The number of aromatic nitrogens is 1. The van der Waals surface area contributed by atoms with E-state index in [9.17, 15) is 0 Å². The third-order valence-corrected chi connectivity index (χ3v) is 2.83. The van der Waals surface area contributed by atoms with Gasteiger partial charge in [-0.2, -0.15) is 0 Å². The largest absolute Gasteiger partial charge is 0.312 e. The number of aryl methyl sites for hydroxylation is 1. The normalized spacial score (nSPS) is 11.9. The second-order valence-corrected chi connectivity index (χ2v) is 5.57. The van der Waals surface area contributed by atoms with Crippen LogP contribution in [0.25, 0.3) is 0 Å². The second kappa shape index (κ2) is 5.47. The van der Waals surface area contributed by atoms with Gasteiger partial charge in [-0.3, -0.25) is 4.98 Å². The van der Waals surface area contributed by atoms with Crippen molar-refractivity contribution in [2.24, 2.45) is 0 Å². The number of nitrogens with zero attached hydrogens (tertiary/aromatic N) is 1. The highest BCUT2D eigenvalue weighted by Crippen LogP contribution is 2.09. The van der Waals surface area contributed by atoms with Gasteiger partial charge in [0.15, 0.2) is 0 Å². The zero-order chi connectivity index (χ0) is 10.4. The molecule has 1 rings (SSSR count). The Kier molecular flexibility index (Phi) is 4.55. The van der Waals surface area contributed by atoms with Gasteiger partial charge in [0.2, 0.25) is 0 Å². The molecule has 0 saturated carbocycles. The maximum atomic E-state index is 4.06. The fourth-order valence-corrected chi connectivity index (χ4v) is 1.89. The first kappa shape index (κ1) is 11.7. The van der Waals surface area contributed by atoms with E-state index >= 15 is 0 Å². The molecule has 80 valence electrons. The van der Waals surface area contributed by atoms with Crippen molar-refractivity contribution in [1.82, 2.24) is 10.3 Å². The molecule has 0 radical (unpaired) electrons. The Morgan fingerprint density at radius 2 is 2.14 bits per heavy atom. The summed E-state index contributed by atoms with van der Waals surface area (Å²) < 4.78 is 0. The Labute approximate surface area is 90.8 Å². The molecule has 0 aromatic carbocycles. The molecule has 0 aliphatic rings. The topological polar surface area (TPSA) is 24.9 Å². The molecule has 0 atom stereocenters. The first-order chi connectivity index (χ1) is 6.58. The van der Waals surface area contributed by atoms with E-state index in [4.69, 9.17) is 0 Å². The van der Waals surface area contributed by atoms with Gasteiger partial charge in [-0.1, -0.05) is 0 Å². The molecule has 14 heavy (non-hydrogen) atoms. The summed E-state index contributed by atoms with van der Waals surface area (Å²) in [6.45, 7) is 7.73. The van der Waals surface area contributed by atoms with Gasteiger partial charge in [0.1, 0.15) is 0 Å². The molecular weight excluding hydrogens is 192 g/mol. The summed E-state index contributed by atoms with van der Waals surface area (Å²) in [4.78, 5) is 5.47. The molecule has 3 heteroatoms. The van der Waals surface area contributed by atoms with Crippen LogP contribution in [0.4, 0.5) is 0 Å². The van der Waals surface area contributed by atoms with E-state index in [2.05, 4.69) is 31.1 Å². The van der Waals surface area contributed by atoms with Crippen molar-refractivity contribution in [2.45, 2.75) is 45.6 Å². The third kappa shape index (κ3) is 5.35. The molecule has 1 heterocycles. The van der Waals surface area contributed by atoms with E-state index in [1.807, 2.05) is 11.7 Å². The monoisotopic (exact) mass is 212 g/mol. The van der Waals surface area contributed by atoms with Gasteiger partial charge in [-0.15, -0.1) is 11.3 Å². The van der Waals surface area contributed by atoms with Crippen molar-refractivity contribution >= 4 is 11.3 Å². The second-order valence-electron chi connectivity index (χ2n) is 4.60. The molecule has 1 N–H and O–H groups in total. The lowest BCUT2D eigenvalue weighted by atomic mass is 10.1. The summed E-state index contributed by atoms with van der Waals surface area (Å²) in [5.41, 5.74) is 2.16. The predicted molar refractivity (Wildman–Crippen MR) is 62.8 cm³/mol. The fraction of sp³-hybridized carbons (Fsp3) is 0.727. The first-order valence-electron chi connectivity index (χ1n) is 5.20. The predicted octanol–water partition coefficient (Wildman–Crippen LogP) is 2.85. The smallest absolute Gasteiger partial charge is 0.0794 e. The van der Waals surface area contributed by atoms with Crippen LogP contribution in [-0.2, 0) is 6.42 Å². The first-order valence-corrected chi connectivity index (χ1v) is 6.08. The minimum absolute atomic E-state index is 0.254. The van der Waals surface area contributed by atoms with Crippen molar-refractivity contribution < 1.29 is 0 Å². The van der Waals surface area contributed by atoms with Crippen LogP contribution in [0, 0.1) is 0 Å². The van der Waals surface area contributed by atoms with Crippen molar-refractivity contribution in [1.29, 1.82) is 0 Å². The molecular formula is C11H20N2S. The van der Waals surface area contributed by atoms with Crippen LogP contribution in [0.1, 0.15) is 38.5 Å². The number of nitrogens with one attached hydrogen (secondary N) is 1. The SMILES string of the molecule is CC(C)(C)NCCCCc1cncs1. The van der Waals surface area contributed by atoms with E-state index in [0.29, 0.717) is 0 Å². The summed E-state index contributed by atoms with van der Waals surface area (Å²) in [6, 6.07) is 0. The maximum absolute atomic E-state index is 4.06. The van der Waals surface area contributed by atoms with E-state index in [1.165, 1.54) is 24.1 Å². The molecule has 0 amide bonds. The molecule has 2 nitrogen and oxygen atoms in total. The lowest BCUT2D eigenvalue weighted by molar-refractivity contribution is 0.419. The van der Waals surface area contributed by atoms with E-state index in [0.717, 1.165) is 6.54 Å². The van der Waals surface area contributed by atoms with Crippen LogP contribution in [0.3, 0.4) is 0 Å². The maximum Gasteiger partial charge on any atom is 0.0794 e. The van der Waals surface area contributed by atoms with Crippen LogP contribution < -0.4 is 5.32 Å². The van der Waals surface area contributed by atoms with Gasteiger partial charge in [0.05, 0.1) is 5.51 Å². The molecule has 0 saturated heterocycles. The lowest BCUT2D eigenvalue weighted by Crippen LogP contribution is -2.36. The van der Waals surface area contributed by atoms with Gasteiger partial charge in [-0.05, 0) is 46.6 Å². The average Bonchev–Trinajstić information content (AvgIpc) is 2.54. The average molecular weight is 212 g/mol. The molecule has 0 aliphatic carbocycles. The summed E-state index contributed by atoms with van der Waals surface area (Å²) in [5, 5.41) is 3.49. The Balaban J connectivity index is 2.00. The summed E-state index contributed by atoms with van der Waals surface area (Å²) in [6.07, 6.45) is 5.65. The zero-order valence-electron chi connectivity index (χ0n) is 9.34. The highest BCUT2D eigenvalue weighted by atomic mass is 32.1. The van der Waals surface area contributed by atoms with Crippen molar-refractivity contribution in [3.05, 3.63) is 16.6 Å². The Morgan fingerprint density at radius 1 is 1.36 bits per heavy atom. The Morgan fingerprint density at radius 3 is 2.71 bits per heavy atom. The highest BCUT2D eigenvalue weighted by molar-refractivity contribution is 7.09. The third-order valence-electron chi connectivity index (χ3n) is 1.99. The van der Waals surface area contributed by atoms with Crippen molar-refractivity contribution in [3.63, 3.8) is 0 Å². The van der Waals surface area contributed by atoms with Crippen molar-refractivity contribution in [2.75, 3.05) is 6.54 Å². The molecule has 1 aromatic rings. The molecule has 0 spiro atoms. The van der Waals surface area contributed by atoms with Crippen molar-refractivity contribution in [3.8, 4) is 0 Å². The summed E-state index contributed by atoms with van der Waals surface area (Å²) in [5.74, 6) is 0. The zero-order valence-corrected chi connectivity index (χ0v) is 10.2. The van der Waals surface area contributed by atoms with E-state index in [1.54, 1.807) is 11.3 Å². The molecule has 0 bridgehead atoms. The minimum atomic E-state index is 0.254. The highest BCUT2D eigenvalue weighted by Gasteiger charge is 2.06. The lowest BCUT2D eigenvalue weighted by Gasteiger charge is -2.20. The van der Waals surface area contributed by atoms with Crippen LogP contribution in [0.15, 0.2) is 11.7 Å². The van der Waals surface area contributed by atoms with Crippen LogP contribution in [0.5, 0.6) is 0 Å². The Hall–Kier alpha value is -0.410. The number of rotatable bonds is 5. The molecule has 0 aliphatic heterocycles. The molecule has 0 unspecified atom stereocenters. The van der Waals surface area contributed by atoms with Gasteiger partial charge in [-0.25, -0.2) is 0 Å². The summed E-state index contributed by atoms with van der Waals surface area (Å²) >= 11 is 1.75. The van der Waals surface area contributed by atoms with Crippen LogP contribution >= 0.6 is 11.3 Å². The molecule has 0 fully saturated rings. The summed E-state index contributed by atoms with van der Waals surface area (Å²) in [7, 11) is 0. The number of hydrogen-bond donors (Lipinski definition) is 1. The quantitative estimate of drug-likeness (QED) is 0.759. The van der Waals surface area contributed by atoms with Gasteiger partial charge in [0, 0.05) is 16.6 Å². The Bertz CT molecular complexity index is 236.